The lowest BCUT2D eigenvalue weighted by Gasteiger charge is -2.19. The van der Waals surface area contributed by atoms with Crippen molar-refractivity contribution in [3.63, 3.8) is 0 Å². The number of carboxylic acids is 1. The number of rotatable bonds is 3. The minimum Gasteiger partial charge on any atom is -0.481 e. The van der Waals surface area contributed by atoms with E-state index in [0.717, 1.165) is 0 Å². The Morgan fingerprint density at radius 1 is 1.24 bits per heavy atom. The van der Waals surface area contributed by atoms with E-state index in [1.165, 1.54) is 0 Å². The van der Waals surface area contributed by atoms with E-state index in [4.69, 9.17) is 9.84 Å². The molecule has 0 aliphatic rings. The van der Waals surface area contributed by atoms with E-state index in [1.807, 2.05) is 13.8 Å². The second-order valence-electron chi connectivity index (χ2n) is 3.57. The van der Waals surface area contributed by atoms with Gasteiger partial charge in [-0.3, -0.25) is 4.79 Å². The van der Waals surface area contributed by atoms with Gasteiger partial charge >= 0.3 is 12.1 Å². The smallest absolute Gasteiger partial charge is 0.407 e. The average Bonchev–Trinajstić information content (AvgIpc) is 2.20. The molecule has 0 rings (SSSR count). The van der Waals surface area contributed by atoms with Crippen LogP contribution in [0.2, 0.25) is 0 Å². The second kappa shape index (κ2) is 12.4. The predicted octanol–water partition coefficient (Wildman–Crippen LogP) is 2.26. The number of nitrogens with one attached hydrogen (secondary N) is 1. The van der Waals surface area contributed by atoms with Gasteiger partial charge in [0, 0.05) is 6.54 Å². The molecule has 0 bridgehead atoms. The number of terminal acetylenes is 1. The standard InChI is InChI=1S/C8H15NO4.C2H6.C2H2/c1-8(2,3)13-7(12)9-5-4-6(10)11;2*1-2/h4-5H2,1-3H3,(H,9,12)(H,10,11);1-2H3;1-2H. The van der Waals surface area contributed by atoms with E-state index in [-0.39, 0.29) is 13.0 Å². The van der Waals surface area contributed by atoms with Gasteiger partial charge in [-0.1, -0.05) is 13.8 Å². The number of carbonyl (C=O) groups excluding carboxylic acids is 1. The molecule has 0 unspecified atom stereocenters. The van der Waals surface area contributed by atoms with Crippen molar-refractivity contribution in [3.05, 3.63) is 0 Å². The van der Waals surface area contributed by atoms with Gasteiger partial charge in [-0.2, -0.15) is 0 Å². The Morgan fingerprint density at radius 3 is 1.94 bits per heavy atom. The molecule has 0 heterocycles. The molecule has 0 aliphatic carbocycles. The minimum absolute atomic E-state index is 0.0875. The van der Waals surface area contributed by atoms with Gasteiger partial charge in [0.1, 0.15) is 5.60 Å². The van der Waals surface area contributed by atoms with Crippen LogP contribution in [-0.4, -0.2) is 29.3 Å². The molecule has 1 amide bonds. The Bertz CT molecular complexity index is 228. The van der Waals surface area contributed by atoms with Crippen LogP contribution in [0.5, 0.6) is 0 Å². The lowest BCUT2D eigenvalue weighted by molar-refractivity contribution is -0.136. The number of ether oxygens (including phenoxy) is 1. The number of amides is 1. The Labute approximate surface area is 104 Å². The number of alkyl carbamates (subject to hydrolysis) is 1. The number of hydrogen-bond acceptors (Lipinski definition) is 3. The summed E-state index contributed by atoms with van der Waals surface area (Å²) in [4.78, 5) is 21.0. The van der Waals surface area contributed by atoms with Crippen molar-refractivity contribution in [1.82, 2.24) is 5.32 Å². The van der Waals surface area contributed by atoms with E-state index in [1.54, 1.807) is 20.8 Å². The number of carbonyl (C=O) groups is 2. The van der Waals surface area contributed by atoms with E-state index in [2.05, 4.69) is 18.2 Å². The molecule has 0 aromatic heterocycles. The van der Waals surface area contributed by atoms with Gasteiger partial charge in [0.05, 0.1) is 6.42 Å². The molecule has 0 fully saturated rings. The number of carboxylic acid groups (broad SMARTS) is 1. The molecule has 100 valence electrons. The van der Waals surface area contributed by atoms with Gasteiger partial charge in [0.15, 0.2) is 0 Å². The first-order chi connectivity index (χ1) is 7.81. The molecule has 5 nitrogen and oxygen atoms in total. The zero-order valence-corrected chi connectivity index (χ0v) is 11.2. The van der Waals surface area contributed by atoms with Crippen LogP contribution in [0, 0.1) is 12.8 Å². The fourth-order valence-corrected chi connectivity index (χ4v) is 0.586. The van der Waals surface area contributed by atoms with Crippen molar-refractivity contribution >= 4 is 12.1 Å². The van der Waals surface area contributed by atoms with Crippen molar-refractivity contribution < 1.29 is 19.4 Å². The molecule has 5 heteroatoms. The lowest BCUT2D eigenvalue weighted by Crippen LogP contribution is -2.33. The summed E-state index contributed by atoms with van der Waals surface area (Å²) >= 11 is 0. The molecule has 2 N–H and O–H groups in total. The van der Waals surface area contributed by atoms with Crippen LogP contribution in [0.25, 0.3) is 0 Å². The third-order valence-electron chi connectivity index (χ3n) is 1.01. The van der Waals surface area contributed by atoms with Gasteiger partial charge in [-0.15, -0.1) is 12.8 Å². The summed E-state index contributed by atoms with van der Waals surface area (Å²) < 4.78 is 4.88. The molecule has 0 radical (unpaired) electrons. The topological polar surface area (TPSA) is 75.6 Å². The highest BCUT2D eigenvalue weighted by Gasteiger charge is 2.15. The van der Waals surface area contributed by atoms with Gasteiger partial charge in [-0.25, -0.2) is 4.79 Å². The third kappa shape index (κ3) is 25.0. The van der Waals surface area contributed by atoms with E-state index in [9.17, 15) is 9.59 Å². The highest BCUT2D eigenvalue weighted by Crippen LogP contribution is 2.06. The van der Waals surface area contributed by atoms with Gasteiger partial charge in [0.2, 0.25) is 0 Å². The van der Waals surface area contributed by atoms with Crippen LogP contribution in [0.1, 0.15) is 41.0 Å². The first kappa shape index (κ1) is 20.7. The summed E-state index contributed by atoms with van der Waals surface area (Å²) in [6, 6.07) is 0. The minimum atomic E-state index is -0.948. The summed E-state index contributed by atoms with van der Waals surface area (Å²) in [6.07, 6.45) is 7.31. The van der Waals surface area contributed by atoms with Crippen LogP contribution in [0.3, 0.4) is 0 Å². The first-order valence-corrected chi connectivity index (χ1v) is 5.33. The van der Waals surface area contributed by atoms with Crippen molar-refractivity contribution in [3.8, 4) is 12.8 Å². The molecule has 0 spiro atoms. The van der Waals surface area contributed by atoms with Gasteiger partial charge in [0.25, 0.3) is 0 Å². The van der Waals surface area contributed by atoms with Crippen LogP contribution < -0.4 is 5.32 Å². The molecule has 0 atom stereocenters. The van der Waals surface area contributed by atoms with Gasteiger partial charge in [-0.05, 0) is 20.8 Å². The Morgan fingerprint density at radius 2 is 1.65 bits per heavy atom. The Kier molecular flexibility index (Phi) is 15.0. The summed E-state index contributed by atoms with van der Waals surface area (Å²) in [5.74, 6) is -0.948. The molecular formula is C12H23NO4. The van der Waals surface area contributed by atoms with Crippen molar-refractivity contribution in [2.45, 2.75) is 46.6 Å². The van der Waals surface area contributed by atoms with E-state index in [0.29, 0.717) is 0 Å². The number of aliphatic carboxylic acids is 1. The monoisotopic (exact) mass is 245 g/mol. The normalized spacial score (nSPS) is 8.65. The zero-order chi connectivity index (χ0) is 14.5. The molecular weight excluding hydrogens is 222 g/mol. The average molecular weight is 245 g/mol. The Hall–Kier alpha value is -1.70. The summed E-state index contributed by atoms with van der Waals surface area (Å²) in [5, 5.41) is 10.6. The van der Waals surface area contributed by atoms with Crippen LogP contribution in [-0.2, 0) is 9.53 Å². The largest absolute Gasteiger partial charge is 0.481 e. The number of hydrogen-bond donors (Lipinski definition) is 2. The fourth-order valence-electron chi connectivity index (χ4n) is 0.586. The Balaban J connectivity index is -0.000000439. The quantitative estimate of drug-likeness (QED) is 0.748. The fraction of sp³-hybridized carbons (Fsp3) is 0.667. The van der Waals surface area contributed by atoms with Crippen LogP contribution in [0.15, 0.2) is 0 Å². The maximum absolute atomic E-state index is 10.9. The first-order valence-electron chi connectivity index (χ1n) is 5.33. The SMILES string of the molecule is C#C.CC.CC(C)(C)OC(=O)NCCC(=O)O. The van der Waals surface area contributed by atoms with E-state index < -0.39 is 17.7 Å². The lowest BCUT2D eigenvalue weighted by atomic mass is 10.2. The highest BCUT2D eigenvalue weighted by atomic mass is 16.6. The van der Waals surface area contributed by atoms with E-state index >= 15 is 0 Å². The third-order valence-corrected chi connectivity index (χ3v) is 1.01. The molecule has 0 aromatic rings. The van der Waals surface area contributed by atoms with Crippen LogP contribution >= 0.6 is 0 Å². The maximum atomic E-state index is 10.9. The molecule has 0 aromatic carbocycles. The van der Waals surface area contributed by atoms with Crippen molar-refractivity contribution in [2.24, 2.45) is 0 Å². The molecule has 17 heavy (non-hydrogen) atoms. The predicted molar refractivity (Wildman–Crippen MR) is 67.7 cm³/mol. The van der Waals surface area contributed by atoms with Crippen molar-refractivity contribution in [1.29, 1.82) is 0 Å². The highest BCUT2D eigenvalue weighted by molar-refractivity contribution is 5.70. The van der Waals surface area contributed by atoms with Crippen molar-refractivity contribution in [2.75, 3.05) is 6.54 Å². The molecule has 0 aliphatic heterocycles. The summed E-state index contributed by atoms with van der Waals surface area (Å²) in [7, 11) is 0. The molecule has 0 saturated heterocycles. The van der Waals surface area contributed by atoms with Gasteiger partial charge < -0.3 is 15.2 Å². The maximum Gasteiger partial charge on any atom is 0.407 e. The zero-order valence-electron chi connectivity index (χ0n) is 11.2. The summed E-state index contributed by atoms with van der Waals surface area (Å²) in [6.45, 7) is 9.31. The van der Waals surface area contributed by atoms with Crippen LogP contribution in [0.4, 0.5) is 4.79 Å². The second-order valence-corrected chi connectivity index (χ2v) is 3.57. The molecule has 0 saturated carbocycles. The summed E-state index contributed by atoms with van der Waals surface area (Å²) in [5.41, 5.74) is -0.548.